The van der Waals surface area contributed by atoms with Gasteiger partial charge in [-0.2, -0.15) is 18.3 Å². The van der Waals surface area contributed by atoms with Crippen molar-refractivity contribution in [2.75, 3.05) is 12.4 Å². The Kier molecular flexibility index (Phi) is 5.34. The number of fused-ring (bicyclic) bond motifs is 1. The molecule has 1 aromatic carbocycles. The Balaban J connectivity index is 1.54. The van der Waals surface area contributed by atoms with Gasteiger partial charge in [-0.15, -0.1) is 0 Å². The highest BCUT2D eigenvalue weighted by atomic mass is 19.4. The summed E-state index contributed by atoms with van der Waals surface area (Å²) in [7, 11) is 2.78. The summed E-state index contributed by atoms with van der Waals surface area (Å²) in [6.07, 6.45) is -0.157. The number of rotatable bonds is 4. The summed E-state index contributed by atoms with van der Waals surface area (Å²) in [6.45, 7) is 0. The minimum atomic E-state index is -4.57. The Hall–Kier alpha value is -4.22. The molecule has 0 spiro atoms. The van der Waals surface area contributed by atoms with Crippen LogP contribution in [-0.2, 0) is 13.2 Å². The monoisotopic (exact) mass is 443 g/mol. The molecule has 12 heteroatoms. The number of carbonyl (C=O) groups excluding carboxylic acids is 1. The van der Waals surface area contributed by atoms with E-state index in [1.165, 1.54) is 17.1 Å². The minimum Gasteiger partial charge on any atom is -0.439 e. The molecule has 164 valence electrons. The topological polar surface area (TPSA) is 99.2 Å². The first-order chi connectivity index (χ1) is 15.2. The van der Waals surface area contributed by atoms with Crippen LogP contribution in [0.15, 0.2) is 53.9 Å². The molecule has 0 aliphatic carbocycles. The van der Waals surface area contributed by atoms with Crippen LogP contribution >= 0.6 is 0 Å². The molecule has 32 heavy (non-hydrogen) atoms. The predicted molar refractivity (Wildman–Crippen MR) is 110 cm³/mol. The molecular weight excluding hydrogens is 427 g/mol. The number of ether oxygens (including phenoxy) is 1. The van der Waals surface area contributed by atoms with Gasteiger partial charge < -0.3 is 4.74 Å². The Labute approximate surface area is 179 Å². The molecule has 3 heterocycles. The average molecular weight is 443 g/mol. The number of nitrogens with one attached hydrogen (secondary N) is 1. The number of aryl methyl sites for hydroxylation is 1. The maximum atomic E-state index is 12.9. The lowest BCUT2D eigenvalue weighted by atomic mass is 10.2. The third-order valence-corrected chi connectivity index (χ3v) is 4.43. The summed E-state index contributed by atoms with van der Waals surface area (Å²) in [6, 6.07) is 8.42. The number of hydrogen-bond acceptors (Lipinski definition) is 6. The largest absolute Gasteiger partial charge is 0.439 e. The maximum absolute atomic E-state index is 12.9. The van der Waals surface area contributed by atoms with Crippen LogP contribution in [0.2, 0.25) is 0 Å². The van der Waals surface area contributed by atoms with Gasteiger partial charge in [0.2, 0.25) is 5.88 Å². The molecule has 0 aliphatic heterocycles. The molecule has 0 fully saturated rings. The highest BCUT2D eigenvalue weighted by molar-refractivity contribution is 5.98. The minimum absolute atomic E-state index is 0.207. The lowest BCUT2D eigenvalue weighted by Gasteiger charge is -2.07. The van der Waals surface area contributed by atoms with E-state index >= 15 is 0 Å². The second kappa shape index (κ2) is 8.13. The third-order valence-electron chi connectivity index (χ3n) is 4.43. The Morgan fingerprint density at radius 1 is 1.19 bits per heavy atom. The van der Waals surface area contributed by atoms with Gasteiger partial charge in [0.25, 0.3) is 0 Å². The molecule has 9 nitrogen and oxygen atoms in total. The van der Waals surface area contributed by atoms with Crippen molar-refractivity contribution in [2.45, 2.75) is 6.18 Å². The second-order valence-corrected chi connectivity index (χ2v) is 6.64. The summed E-state index contributed by atoms with van der Waals surface area (Å²) in [5.74, 6) is 0.595. The van der Waals surface area contributed by atoms with E-state index in [0.29, 0.717) is 32.9 Å². The van der Waals surface area contributed by atoms with Crippen LogP contribution in [0.4, 0.5) is 23.8 Å². The first-order valence-electron chi connectivity index (χ1n) is 9.20. The van der Waals surface area contributed by atoms with Crippen LogP contribution < -0.4 is 10.1 Å². The molecule has 4 aromatic rings. The summed E-state index contributed by atoms with van der Waals surface area (Å²) < 4.78 is 46.5. The first kappa shape index (κ1) is 21.0. The molecule has 0 aliphatic rings. The Bertz CT molecular complexity index is 1320. The van der Waals surface area contributed by atoms with E-state index in [-0.39, 0.29) is 5.82 Å². The SMILES string of the molecule is CN=Cc1cc(Oc2ccc3c(ccn3C(=O)Nc3cc(C(F)(F)F)n(C)n3)c2)ncn1. The number of anilines is 1. The molecule has 0 atom stereocenters. The maximum Gasteiger partial charge on any atom is 0.433 e. The normalized spacial score (nSPS) is 11.9. The van der Waals surface area contributed by atoms with Gasteiger partial charge in [-0.05, 0) is 24.3 Å². The number of carbonyl (C=O) groups is 1. The number of nitrogens with zero attached hydrogens (tertiary/aromatic N) is 6. The zero-order chi connectivity index (χ0) is 22.9. The first-order valence-corrected chi connectivity index (χ1v) is 9.20. The fourth-order valence-corrected chi connectivity index (χ4v) is 3.06. The molecule has 1 N–H and O–H groups in total. The second-order valence-electron chi connectivity index (χ2n) is 6.64. The average Bonchev–Trinajstić information content (AvgIpc) is 3.31. The zero-order valence-corrected chi connectivity index (χ0v) is 16.8. The number of aliphatic imine (C=N–C) groups is 1. The summed E-state index contributed by atoms with van der Waals surface area (Å²) in [5.41, 5.74) is 0.151. The van der Waals surface area contributed by atoms with Crippen molar-refractivity contribution in [1.29, 1.82) is 0 Å². The van der Waals surface area contributed by atoms with Crippen molar-refractivity contribution in [3.63, 3.8) is 0 Å². The fraction of sp³-hybridized carbons (Fsp3) is 0.150. The van der Waals surface area contributed by atoms with Gasteiger partial charge >= 0.3 is 12.2 Å². The molecule has 4 rings (SSSR count). The van der Waals surface area contributed by atoms with Crippen molar-refractivity contribution in [3.05, 3.63) is 60.3 Å². The fourth-order valence-electron chi connectivity index (χ4n) is 3.06. The van der Waals surface area contributed by atoms with Crippen LogP contribution in [0.25, 0.3) is 10.9 Å². The third kappa shape index (κ3) is 4.29. The number of alkyl halides is 3. The molecule has 0 bridgehead atoms. The number of benzene rings is 1. The van der Waals surface area contributed by atoms with Crippen LogP contribution in [0.5, 0.6) is 11.6 Å². The van der Waals surface area contributed by atoms with E-state index in [2.05, 4.69) is 25.4 Å². The molecule has 0 unspecified atom stereocenters. The summed E-state index contributed by atoms with van der Waals surface area (Å²) in [4.78, 5) is 24.6. The van der Waals surface area contributed by atoms with Crippen molar-refractivity contribution in [3.8, 4) is 11.6 Å². The van der Waals surface area contributed by atoms with Gasteiger partial charge in [-0.3, -0.25) is 19.6 Å². The van der Waals surface area contributed by atoms with Crippen LogP contribution in [0, 0.1) is 0 Å². The summed E-state index contributed by atoms with van der Waals surface area (Å²) in [5, 5.41) is 6.75. The van der Waals surface area contributed by atoms with E-state index in [9.17, 15) is 18.0 Å². The zero-order valence-electron chi connectivity index (χ0n) is 16.8. The van der Waals surface area contributed by atoms with Gasteiger partial charge in [0.1, 0.15) is 17.8 Å². The Morgan fingerprint density at radius 3 is 2.72 bits per heavy atom. The van der Waals surface area contributed by atoms with Gasteiger partial charge in [0, 0.05) is 44.0 Å². The van der Waals surface area contributed by atoms with Crippen molar-refractivity contribution < 1.29 is 22.7 Å². The lowest BCUT2D eigenvalue weighted by Crippen LogP contribution is -2.18. The van der Waals surface area contributed by atoms with Gasteiger partial charge in [0.05, 0.1) is 11.2 Å². The van der Waals surface area contributed by atoms with Crippen molar-refractivity contribution >= 4 is 29.0 Å². The molecule has 3 aromatic heterocycles. The molecule has 0 saturated carbocycles. The van der Waals surface area contributed by atoms with E-state index in [4.69, 9.17) is 4.74 Å². The Morgan fingerprint density at radius 2 is 2.00 bits per heavy atom. The van der Waals surface area contributed by atoms with Crippen molar-refractivity contribution in [1.82, 2.24) is 24.3 Å². The van der Waals surface area contributed by atoms with E-state index in [1.54, 1.807) is 43.6 Å². The standard InChI is InChI=1S/C20H16F3N7O2/c1-24-10-13-8-18(26-11-25-13)32-14-3-4-15-12(7-14)5-6-30(15)19(31)27-17-9-16(20(21,22)23)29(2)28-17/h3-11H,1-2H3,(H,27,28,31). The number of halogens is 3. The number of hydrogen-bond donors (Lipinski definition) is 1. The van der Waals surface area contributed by atoms with E-state index in [1.807, 2.05) is 0 Å². The van der Waals surface area contributed by atoms with Crippen molar-refractivity contribution in [2.24, 2.45) is 12.0 Å². The van der Waals surface area contributed by atoms with Gasteiger partial charge in [0.15, 0.2) is 5.82 Å². The van der Waals surface area contributed by atoms with E-state index < -0.39 is 17.9 Å². The van der Waals surface area contributed by atoms with Gasteiger partial charge in [-0.25, -0.2) is 14.8 Å². The molecular formula is C20H16F3N7O2. The molecule has 0 radical (unpaired) electrons. The number of aromatic nitrogens is 5. The summed E-state index contributed by atoms with van der Waals surface area (Å²) >= 11 is 0. The molecule has 1 amide bonds. The highest BCUT2D eigenvalue weighted by Gasteiger charge is 2.35. The quantitative estimate of drug-likeness (QED) is 0.479. The van der Waals surface area contributed by atoms with E-state index in [0.717, 1.165) is 13.1 Å². The highest BCUT2D eigenvalue weighted by Crippen LogP contribution is 2.30. The number of amides is 1. The van der Waals surface area contributed by atoms with Crippen LogP contribution in [0.3, 0.4) is 0 Å². The predicted octanol–water partition coefficient (Wildman–Crippen LogP) is 4.10. The molecule has 0 saturated heterocycles. The van der Waals surface area contributed by atoms with Gasteiger partial charge in [-0.1, -0.05) is 0 Å². The smallest absolute Gasteiger partial charge is 0.433 e. The lowest BCUT2D eigenvalue weighted by molar-refractivity contribution is -0.143. The van der Waals surface area contributed by atoms with Crippen LogP contribution in [0.1, 0.15) is 11.4 Å². The van der Waals surface area contributed by atoms with Crippen LogP contribution in [-0.4, -0.2) is 43.6 Å².